The van der Waals surface area contributed by atoms with Gasteiger partial charge >= 0.3 is 0 Å². The molecule has 7 nitrogen and oxygen atoms in total. The third-order valence-electron chi connectivity index (χ3n) is 4.15. The summed E-state index contributed by atoms with van der Waals surface area (Å²) in [5, 5.41) is 10.00. The van der Waals surface area contributed by atoms with Crippen molar-refractivity contribution >= 4 is 11.8 Å². The molecule has 126 valence electrons. The van der Waals surface area contributed by atoms with Crippen molar-refractivity contribution in [2.24, 2.45) is 0 Å². The summed E-state index contributed by atoms with van der Waals surface area (Å²) in [6.45, 7) is 2.88. The number of hydrogen-bond acceptors (Lipinski definition) is 5. The predicted molar refractivity (Wildman–Crippen MR) is 86.2 cm³/mol. The van der Waals surface area contributed by atoms with Gasteiger partial charge in [-0.2, -0.15) is 0 Å². The van der Waals surface area contributed by atoms with Crippen LogP contribution in [0.2, 0.25) is 0 Å². The van der Waals surface area contributed by atoms with Gasteiger partial charge in [-0.25, -0.2) is 4.63 Å². The molecule has 24 heavy (non-hydrogen) atoms. The Morgan fingerprint density at radius 1 is 1.33 bits per heavy atom. The van der Waals surface area contributed by atoms with E-state index in [0.29, 0.717) is 25.2 Å². The van der Waals surface area contributed by atoms with Crippen molar-refractivity contribution in [3.05, 3.63) is 47.3 Å². The maximum atomic E-state index is 12.1. The molecule has 1 aliphatic rings. The molecule has 0 radical (unpaired) electrons. The molecule has 1 N–H and O–H groups in total. The van der Waals surface area contributed by atoms with Gasteiger partial charge in [0.2, 0.25) is 5.91 Å². The van der Waals surface area contributed by atoms with Crippen molar-refractivity contribution in [1.29, 1.82) is 0 Å². The van der Waals surface area contributed by atoms with Crippen molar-refractivity contribution in [2.45, 2.75) is 32.2 Å². The first kappa shape index (κ1) is 16.2. The summed E-state index contributed by atoms with van der Waals surface area (Å²) in [6.07, 6.45) is 2.16. The quantitative estimate of drug-likeness (QED) is 0.864. The van der Waals surface area contributed by atoms with Crippen LogP contribution in [0.3, 0.4) is 0 Å². The highest BCUT2D eigenvalue weighted by molar-refractivity contribution is 5.94. The number of aromatic nitrogens is 2. The molecule has 0 aliphatic carbocycles. The molecule has 3 rings (SSSR count). The molecule has 1 fully saturated rings. The number of rotatable bonds is 6. The molecule has 0 saturated carbocycles. The second-order valence-electron chi connectivity index (χ2n) is 6.00. The van der Waals surface area contributed by atoms with Crippen LogP contribution in [-0.4, -0.2) is 46.2 Å². The van der Waals surface area contributed by atoms with E-state index < -0.39 is 0 Å². The first-order valence-corrected chi connectivity index (χ1v) is 8.05. The third-order valence-corrected chi connectivity index (χ3v) is 4.15. The fourth-order valence-electron chi connectivity index (χ4n) is 2.89. The average Bonchev–Trinajstić information content (AvgIpc) is 3.14. The molecule has 1 atom stereocenters. The highest BCUT2D eigenvalue weighted by Gasteiger charge is 2.31. The molecule has 1 aromatic carbocycles. The zero-order chi connectivity index (χ0) is 16.9. The van der Waals surface area contributed by atoms with Crippen LogP contribution in [-0.2, 0) is 11.2 Å². The lowest BCUT2D eigenvalue weighted by molar-refractivity contribution is -0.127. The molecule has 1 unspecified atom stereocenters. The van der Waals surface area contributed by atoms with Crippen LogP contribution in [0.5, 0.6) is 0 Å². The number of benzene rings is 1. The Balaban J connectivity index is 1.47. The smallest absolute Gasteiger partial charge is 0.275 e. The van der Waals surface area contributed by atoms with Crippen molar-refractivity contribution in [1.82, 2.24) is 20.5 Å². The van der Waals surface area contributed by atoms with Gasteiger partial charge in [0, 0.05) is 19.5 Å². The average molecular weight is 328 g/mol. The van der Waals surface area contributed by atoms with E-state index in [1.54, 1.807) is 6.92 Å². The number of likely N-dealkylation sites (tertiary alicyclic amines) is 1. The zero-order valence-corrected chi connectivity index (χ0v) is 13.6. The fraction of sp³-hybridized carbons (Fsp3) is 0.412. The van der Waals surface area contributed by atoms with E-state index in [1.807, 2.05) is 23.1 Å². The molecule has 1 saturated heterocycles. The van der Waals surface area contributed by atoms with Crippen LogP contribution < -0.4 is 5.32 Å². The minimum absolute atomic E-state index is 0.0726. The number of hydrogen-bond donors (Lipinski definition) is 1. The van der Waals surface area contributed by atoms with Crippen molar-refractivity contribution in [3.63, 3.8) is 0 Å². The number of nitrogens with one attached hydrogen (secondary N) is 1. The first-order chi connectivity index (χ1) is 11.6. The highest BCUT2D eigenvalue weighted by atomic mass is 16.6. The number of amides is 2. The van der Waals surface area contributed by atoms with E-state index in [9.17, 15) is 9.59 Å². The monoisotopic (exact) mass is 328 g/mol. The number of nitrogens with zero attached hydrogens (tertiary/aromatic N) is 3. The van der Waals surface area contributed by atoms with E-state index in [2.05, 4.69) is 32.4 Å². The van der Waals surface area contributed by atoms with Gasteiger partial charge in [0.15, 0.2) is 5.69 Å². The lowest BCUT2D eigenvalue weighted by atomic mass is 10.1. The largest absolute Gasteiger partial charge is 0.345 e. The Labute approximate surface area is 140 Å². The van der Waals surface area contributed by atoms with Crippen molar-refractivity contribution < 1.29 is 14.2 Å². The maximum absolute atomic E-state index is 12.1. The van der Waals surface area contributed by atoms with Gasteiger partial charge in [-0.1, -0.05) is 35.5 Å². The van der Waals surface area contributed by atoms with Gasteiger partial charge in [-0.15, -0.1) is 0 Å². The van der Waals surface area contributed by atoms with Gasteiger partial charge in [-0.05, 0) is 30.5 Å². The SMILES string of the molecule is Cc1nonc1C(=O)NC1CC(=O)N(CCCc2ccccc2)C1. The lowest BCUT2D eigenvalue weighted by Crippen LogP contribution is -2.37. The number of aryl methyl sites for hydroxylation is 2. The van der Waals surface area contributed by atoms with Crippen LogP contribution in [0, 0.1) is 6.92 Å². The maximum Gasteiger partial charge on any atom is 0.275 e. The van der Waals surface area contributed by atoms with E-state index in [1.165, 1.54) is 5.56 Å². The standard InChI is InChI=1S/C17H20N4O3/c1-12-16(20-24-19-12)17(23)18-14-10-15(22)21(11-14)9-5-8-13-6-3-2-4-7-13/h2-4,6-7,14H,5,8-11H2,1H3,(H,18,23). The van der Waals surface area contributed by atoms with E-state index in [4.69, 9.17) is 0 Å². The van der Waals surface area contributed by atoms with Crippen molar-refractivity contribution in [2.75, 3.05) is 13.1 Å². The summed E-state index contributed by atoms with van der Waals surface area (Å²) >= 11 is 0. The summed E-state index contributed by atoms with van der Waals surface area (Å²) in [4.78, 5) is 26.0. The normalized spacial score (nSPS) is 17.3. The second kappa shape index (κ2) is 7.25. The molecule has 2 amide bonds. The van der Waals surface area contributed by atoms with Crippen molar-refractivity contribution in [3.8, 4) is 0 Å². The Hall–Kier alpha value is -2.70. The minimum atomic E-state index is -0.349. The first-order valence-electron chi connectivity index (χ1n) is 8.05. The Kier molecular flexibility index (Phi) is 4.88. The highest BCUT2D eigenvalue weighted by Crippen LogP contribution is 2.14. The summed E-state index contributed by atoms with van der Waals surface area (Å²) in [5.74, 6) is -0.277. The molecule has 2 heterocycles. The van der Waals surface area contributed by atoms with Gasteiger partial charge in [0.05, 0.1) is 6.04 Å². The summed E-state index contributed by atoms with van der Waals surface area (Å²) < 4.78 is 4.53. The Morgan fingerprint density at radius 3 is 2.83 bits per heavy atom. The second-order valence-corrected chi connectivity index (χ2v) is 6.00. The molecule has 7 heteroatoms. The van der Waals surface area contributed by atoms with Gasteiger partial charge in [0.25, 0.3) is 5.91 Å². The van der Waals surface area contributed by atoms with Gasteiger partial charge in [-0.3, -0.25) is 9.59 Å². The number of carbonyl (C=O) groups excluding carboxylic acids is 2. The lowest BCUT2D eigenvalue weighted by Gasteiger charge is -2.16. The van der Waals surface area contributed by atoms with Crippen LogP contribution >= 0.6 is 0 Å². The van der Waals surface area contributed by atoms with E-state index in [-0.39, 0.29) is 23.6 Å². The predicted octanol–water partition coefficient (Wildman–Crippen LogP) is 1.34. The molecule has 0 bridgehead atoms. The van der Waals surface area contributed by atoms with Crippen LogP contribution in [0.15, 0.2) is 35.0 Å². The topological polar surface area (TPSA) is 88.3 Å². The Bertz CT molecular complexity index is 714. The Morgan fingerprint density at radius 2 is 2.12 bits per heavy atom. The molecule has 2 aromatic rings. The third kappa shape index (κ3) is 3.79. The summed E-state index contributed by atoms with van der Waals surface area (Å²) in [6, 6.07) is 10.0. The zero-order valence-electron chi connectivity index (χ0n) is 13.6. The minimum Gasteiger partial charge on any atom is -0.345 e. The van der Waals surface area contributed by atoms with Crippen LogP contribution in [0.4, 0.5) is 0 Å². The summed E-state index contributed by atoms with van der Waals surface area (Å²) in [7, 11) is 0. The molecular formula is C17H20N4O3. The number of carbonyl (C=O) groups is 2. The molecule has 0 spiro atoms. The van der Waals surface area contributed by atoms with Crippen LogP contribution in [0.1, 0.15) is 34.6 Å². The van der Waals surface area contributed by atoms with Gasteiger partial charge in [0.1, 0.15) is 5.69 Å². The molecule has 1 aromatic heterocycles. The summed E-state index contributed by atoms with van der Waals surface area (Å²) in [5.41, 5.74) is 1.88. The molecule has 1 aliphatic heterocycles. The van der Waals surface area contributed by atoms with E-state index >= 15 is 0 Å². The fourth-order valence-corrected chi connectivity index (χ4v) is 2.89. The van der Waals surface area contributed by atoms with Crippen LogP contribution in [0.25, 0.3) is 0 Å². The molecular weight excluding hydrogens is 308 g/mol. The van der Waals surface area contributed by atoms with Gasteiger partial charge < -0.3 is 10.2 Å². The van der Waals surface area contributed by atoms with E-state index in [0.717, 1.165) is 12.8 Å².